The van der Waals surface area contributed by atoms with Gasteiger partial charge in [-0.15, -0.1) is 0 Å². The highest BCUT2D eigenvalue weighted by Crippen LogP contribution is 2.14. The molecular weight excluding hydrogens is 284 g/mol. The highest BCUT2D eigenvalue weighted by atomic mass is 32.2. The molecule has 111 valence electrons. The maximum atomic E-state index is 12.0. The molecule has 0 fully saturated rings. The summed E-state index contributed by atoms with van der Waals surface area (Å²) < 4.78 is 29.0. The van der Waals surface area contributed by atoms with Crippen LogP contribution >= 0.6 is 0 Å². The summed E-state index contributed by atoms with van der Waals surface area (Å²) in [6.07, 6.45) is 2.53. The zero-order valence-electron chi connectivity index (χ0n) is 12.1. The average molecular weight is 303 g/mol. The topological polar surface area (TPSA) is 43.4 Å². The Hall–Kier alpha value is -1.65. The Bertz CT molecular complexity index is 646. The van der Waals surface area contributed by atoms with Crippen LogP contribution in [0.1, 0.15) is 24.0 Å². The molecule has 0 amide bonds. The molecule has 0 saturated heterocycles. The van der Waals surface area contributed by atoms with E-state index in [0.717, 1.165) is 18.4 Å². The number of hydrogen-bond acceptors (Lipinski definition) is 3. The van der Waals surface area contributed by atoms with Crippen LogP contribution in [0.2, 0.25) is 0 Å². The van der Waals surface area contributed by atoms with Gasteiger partial charge in [-0.2, -0.15) is 8.42 Å². The minimum atomic E-state index is -3.63. The lowest BCUT2D eigenvalue weighted by Gasteiger charge is -2.06. The smallest absolute Gasteiger partial charge is 0.266 e. The Kier molecular flexibility index (Phi) is 5.53. The summed E-state index contributed by atoms with van der Waals surface area (Å²) in [5.41, 5.74) is 2.25. The van der Waals surface area contributed by atoms with Crippen LogP contribution in [0, 0.1) is 13.0 Å². The molecule has 0 bridgehead atoms. The van der Waals surface area contributed by atoms with E-state index in [1.54, 1.807) is 24.3 Å². The molecule has 0 unspecified atom stereocenters. The fourth-order valence-corrected chi connectivity index (χ4v) is 2.90. The molecule has 0 aliphatic heterocycles. The van der Waals surface area contributed by atoms with Crippen LogP contribution in [0.15, 0.2) is 53.4 Å². The second kappa shape index (κ2) is 7.38. The maximum Gasteiger partial charge on any atom is 0.296 e. The second-order valence-electron chi connectivity index (χ2n) is 4.95. The molecule has 21 heavy (non-hydrogen) atoms. The first-order chi connectivity index (χ1) is 10.1. The third-order valence-electron chi connectivity index (χ3n) is 3.20. The van der Waals surface area contributed by atoms with E-state index in [9.17, 15) is 8.42 Å². The summed E-state index contributed by atoms with van der Waals surface area (Å²) >= 11 is 0. The van der Waals surface area contributed by atoms with Crippen LogP contribution in [0.5, 0.6) is 0 Å². The largest absolute Gasteiger partial charge is 0.296 e. The zero-order chi connectivity index (χ0) is 15.1. The van der Waals surface area contributed by atoms with Crippen LogP contribution in [0.3, 0.4) is 0 Å². The molecule has 0 heterocycles. The Morgan fingerprint density at radius 2 is 1.67 bits per heavy atom. The van der Waals surface area contributed by atoms with Gasteiger partial charge in [0.05, 0.1) is 11.5 Å². The zero-order valence-corrected chi connectivity index (χ0v) is 12.9. The van der Waals surface area contributed by atoms with Crippen molar-refractivity contribution in [2.45, 2.75) is 31.1 Å². The van der Waals surface area contributed by atoms with Crippen LogP contribution < -0.4 is 0 Å². The summed E-state index contributed by atoms with van der Waals surface area (Å²) in [5, 5.41) is 0. The quantitative estimate of drug-likeness (QED) is 0.580. The molecule has 2 aromatic rings. The molecule has 2 aromatic carbocycles. The first-order valence-corrected chi connectivity index (χ1v) is 8.40. The van der Waals surface area contributed by atoms with Gasteiger partial charge in [-0.25, -0.2) is 0 Å². The lowest BCUT2D eigenvalue weighted by molar-refractivity contribution is 0.308. The molecule has 0 N–H and O–H groups in total. The van der Waals surface area contributed by atoms with Crippen molar-refractivity contribution in [1.29, 1.82) is 0 Å². The molecular formula is C17H19O3S. The maximum absolute atomic E-state index is 12.0. The van der Waals surface area contributed by atoms with E-state index in [1.165, 1.54) is 5.56 Å². The van der Waals surface area contributed by atoms with E-state index in [0.29, 0.717) is 6.42 Å². The molecule has 4 heteroatoms. The van der Waals surface area contributed by atoms with E-state index >= 15 is 0 Å². The summed E-state index contributed by atoms with van der Waals surface area (Å²) in [5.74, 6) is 0. The van der Waals surface area contributed by atoms with Gasteiger partial charge in [0, 0.05) is 0 Å². The first kappa shape index (κ1) is 15.7. The van der Waals surface area contributed by atoms with Gasteiger partial charge in [0.2, 0.25) is 0 Å². The second-order valence-corrected chi connectivity index (χ2v) is 6.57. The fraction of sp³-hybridized carbons (Fsp3) is 0.294. The van der Waals surface area contributed by atoms with Crippen LogP contribution in [-0.4, -0.2) is 15.0 Å². The summed E-state index contributed by atoms with van der Waals surface area (Å²) in [6, 6.07) is 17.5. The van der Waals surface area contributed by atoms with Crippen LogP contribution in [-0.2, 0) is 20.7 Å². The Labute approximate surface area is 126 Å². The number of hydrogen-bond donors (Lipinski definition) is 0. The highest BCUT2D eigenvalue weighted by Gasteiger charge is 2.14. The minimum Gasteiger partial charge on any atom is -0.266 e. The monoisotopic (exact) mass is 303 g/mol. The summed E-state index contributed by atoms with van der Waals surface area (Å²) in [6.45, 7) is 2.13. The Morgan fingerprint density at radius 1 is 1.00 bits per heavy atom. The first-order valence-electron chi connectivity index (χ1n) is 6.99. The third kappa shape index (κ3) is 4.99. The van der Waals surface area contributed by atoms with Gasteiger partial charge in [-0.05, 0) is 49.9 Å². The van der Waals surface area contributed by atoms with Crippen molar-refractivity contribution >= 4 is 10.1 Å². The molecule has 0 aromatic heterocycles. The van der Waals surface area contributed by atoms with Crippen molar-refractivity contribution in [2.24, 2.45) is 0 Å². The predicted octanol–water partition coefficient (Wildman–Crippen LogP) is 3.52. The SMILES string of the molecule is Cc1ccc(S(=O)(=O)OCCCCc2cc[c]cc2)cc1. The van der Waals surface area contributed by atoms with Gasteiger partial charge in [0.25, 0.3) is 10.1 Å². The predicted molar refractivity (Wildman–Crippen MR) is 82.5 cm³/mol. The standard InChI is InChI=1S/C17H19O3S/c1-15-10-12-17(13-11-15)21(18,19)20-14-6-5-9-16-7-3-2-4-8-16/h3-4,7-8,10-13H,5-6,9,14H2,1H3. The summed E-state index contributed by atoms with van der Waals surface area (Å²) in [7, 11) is -3.63. The number of unbranched alkanes of at least 4 members (excludes halogenated alkanes) is 1. The molecule has 0 aliphatic carbocycles. The number of aryl methyl sites for hydroxylation is 2. The number of rotatable bonds is 7. The van der Waals surface area contributed by atoms with E-state index in [2.05, 4.69) is 6.07 Å². The van der Waals surface area contributed by atoms with Crippen LogP contribution in [0.4, 0.5) is 0 Å². The van der Waals surface area contributed by atoms with Crippen molar-refractivity contribution < 1.29 is 12.6 Å². The van der Waals surface area contributed by atoms with Crippen molar-refractivity contribution in [1.82, 2.24) is 0 Å². The van der Waals surface area contributed by atoms with E-state index in [-0.39, 0.29) is 11.5 Å². The lowest BCUT2D eigenvalue weighted by Crippen LogP contribution is -2.07. The van der Waals surface area contributed by atoms with Gasteiger partial charge in [-0.1, -0.05) is 42.0 Å². The van der Waals surface area contributed by atoms with Gasteiger partial charge >= 0.3 is 0 Å². The van der Waals surface area contributed by atoms with Crippen molar-refractivity contribution in [3.8, 4) is 0 Å². The molecule has 1 radical (unpaired) electrons. The van der Waals surface area contributed by atoms with E-state index in [1.807, 2.05) is 31.2 Å². The molecule has 0 spiro atoms. The van der Waals surface area contributed by atoms with Crippen molar-refractivity contribution in [3.63, 3.8) is 0 Å². The minimum absolute atomic E-state index is 0.215. The van der Waals surface area contributed by atoms with E-state index in [4.69, 9.17) is 4.18 Å². The van der Waals surface area contributed by atoms with Crippen LogP contribution in [0.25, 0.3) is 0 Å². The Morgan fingerprint density at radius 3 is 2.33 bits per heavy atom. The molecule has 0 atom stereocenters. The van der Waals surface area contributed by atoms with Crippen molar-refractivity contribution in [2.75, 3.05) is 6.61 Å². The van der Waals surface area contributed by atoms with Gasteiger partial charge in [0.15, 0.2) is 0 Å². The summed E-state index contributed by atoms with van der Waals surface area (Å²) in [4.78, 5) is 0.215. The molecule has 2 rings (SSSR count). The molecule has 3 nitrogen and oxygen atoms in total. The van der Waals surface area contributed by atoms with Gasteiger partial charge in [-0.3, -0.25) is 4.18 Å². The normalized spacial score (nSPS) is 11.5. The number of benzene rings is 2. The Balaban J connectivity index is 1.76. The van der Waals surface area contributed by atoms with Crippen molar-refractivity contribution in [3.05, 3.63) is 65.7 Å². The third-order valence-corrected chi connectivity index (χ3v) is 4.52. The molecule has 0 aliphatic rings. The lowest BCUT2D eigenvalue weighted by atomic mass is 10.1. The molecule has 0 saturated carbocycles. The highest BCUT2D eigenvalue weighted by molar-refractivity contribution is 7.86. The van der Waals surface area contributed by atoms with Gasteiger partial charge < -0.3 is 0 Å². The fourth-order valence-electron chi connectivity index (χ4n) is 1.96. The van der Waals surface area contributed by atoms with Gasteiger partial charge in [0.1, 0.15) is 0 Å². The average Bonchev–Trinajstić information content (AvgIpc) is 2.48. The van der Waals surface area contributed by atoms with E-state index < -0.39 is 10.1 Å².